The lowest BCUT2D eigenvalue weighted by atomic mass is 10.1. The quantitative estimate of drug-likeness (QED) is 0.523. The van der Waals surface area contributed by atoms with Gasteiger partial charge in [0.05, 0.1) is 25.8 Å². The highest BCUT2D eigenvalue weighted by atomic mass is 16.5. The molecule has 1 aliphatic heterocycles. The second-order valence-electron chi connectivity index (χ2n) is 7.32. The average Bonchev–Trinajstić information content (AvgIpc) is 2.85. The standard InChI is InChI=1S/C24H23N5O2/c1-30-20-4-2-3-19(14-20)28-24-21-7-5-17(13-22(21)26-16-27-24)18-6-8-23(25-15-18)29-9-11-31-12-10-29/h2-8,13-16H,9-12H2,1H3,(H,26,27,28). The van der Waals surface area contributed by atoms with Crippen LogP contribution >= 0.6 is 0 Å². The van der Waals surface area contributed by atoms with Gasteiger partial charge < -0.3 is 19.7 Å². The molecule has 0 amide bonds. The molecule has 3 heterocycles. The Morgan fingerprint density at radius 1 is 0.935 bits per heavy atom. The summed E-state index contributed by atoms with van der Waals surface area (Å²) >= 11 is 0. The van der Waals surface area contributed by atoms with Gasteiger partial charge in [0.2, 0.25) is 0 Å². The molecule has 156 valence electrons. The van der Waals surface area contributed by atoms with Gasteiger partial charge in [-0.15, -0.1) is 0 Å². The summed E-state index contributed by atoms with van der Waals surface area (Å²) in [6, 6.07) is 18.1. The van der Waals surface area contributed by atoms with Gasteiger partial charge in [0, 0.05) is 42.0 Å². The van der Waals surface area contributed by atoms with Gasteiger partial charge in [-0.25, -0.2) is 15.0 Å². The zero-order chi connectivity index (χ0) is 21.0. The Morgan fingerprint density at radius 2 is 1.81 bits per heavy atom. The number of nitrogens with one attached hydrogen (secondary N) is 1. The number of hydrogen-bond donors (Lipinski definition) is 1. The summed E-state index contributed by atoms with van der Waals surface area (Å²) in [6.07, 6.45) is 3.50. The lowest BCUT2D eigenvalue weighted by Gasteiger charge is -2.27. The first-order valence-corrected chi connectivity index (χ1v) is 10.2. The van der Waals surface area contributed by atoms with E-state index in [1.165, 1.54) is 0 Å². The zero-order valence-corrected chi connectivity index (χ0v) is 17.3. The molecule has 4 aromatic rings. The predicted molar refractivity (Wildman–Crippen MR) is 122 cm³/mol. The number of anilines is 3. The molecule has 0 aliphatic carbocycles. The number of nitrogens with zero attached hydrogens (tertiary/aromatic N) is 4. The van der Waals surface area contributed by atoms with E-state index in [-0.39, 0.29) is 0 Å². The van der Waals surface area contributed by atoms with Gasteiger partial charge in [-0.1, -0.05) is 12.1 Å². The Bertz CT molecular complexity index is 1190. The fourth-order valence-electron chi connectivity index (χ4n) is 3.71. The lowest BCUT2D eigenvalue weighted by Crippen LogP contribution is -2.36. The van der Waals surface area contributed by atoms with Crippen molar-refractivity contribution in [2.24, 2.45) is 0 Å². The number of rotatable bonds is 5. The van der Waals surface area contributed by atoms with Crippen LogP contribution < -0.4 is 15.0 Å². The predicted octanol–water partition coefficient (Wildman–Crippen LogP) is 4.28. The maximum atomic E-state index is 5.42. The smallest absolute Gasteiger partial charge is 0.141 e. The third-order valence-corrected chi connectivity index (χ3v) is 5.39. The highest BCUT2D eigenvalue weighted by molar-refractivity contribution is 5.93. The summed E-state index contributed by atoms with van der Waals surface area (Å²) in [5.41, 5.74) is 3.90. The minimum atomic E-state index is 0.750. The van der Waals surface area contributed by atoms with Crippen LogP contribution in [0.2, 0.25) is 0 Å². The van der Waals surface area contributed by atoms with Crippen LogP contribution in [0.5, 0.6) is 5.75 Å². The van der Waals surface area contributed by atoms with Crippen molar-refractivity contribution in [3.63, 3.8) is 0 Å². The highest BCUT2D eigenvalue weighted by Crippen LogP contribution is 2.29. The molecule has 7 nitrogen and oxygen atoms in total. The second kappa shape index (κ2) is 8.57. The van der Waals surface area contributed by atoms with Gasteiger partial charge in [0.1, 0.15) is 23.7 Å². The number of fused-ring (bicyclic) bond motifs is 1. The average molecular weight is 413 g/mol. The Hall–Kier alpha value is -3.71. The maximum Gasteiger partial charge on any atom is 0.141 e. The molecular weight excluding hydrogens is 390 g/mol. The van der Waals surface area contributed by atoms with E-state index < -0.39 is 0 Å². The Morgan fingerprint density at radius 3 is 2.61 bits per heavy atom. The molecule has 7 heteroatoms. The van der Waals surface area contributed by atoms with Crippen molar-refractivity contribution in [3.8, 4) is 16.9 Å². The monoisotopic (exact) mass is 413 g/mol. The molecule has 1 N–H and O–H groups in total. The van der Waals surface area contributed by atoms with Crippen molar-refractivity contribution < 1.29 is 9.47 Å². The molecule has 1 fully saturated rings. The van der Waals surface area contributed by atoms with E-state index in [0.29, 0.717) is 0 Å². The number of hydrogen-bond acceptors (Lipinski definition) is 7. The van der Waals surface area contributed by atoms with E-state index in [1.807, 2.05) is 36.5 Å². The molecule has 0 spiro atoms. The molecule has 1 aliphatic rings. The van der Waals surface area contributed by atoms with Crippen molar-refractivity contribution in [2.75, 3.05) is 43.6 Å². The first-order chi connectivity index (χ1) is 15.3. The number of methoxy groups -OCH3 is 1. The summed E-state index contributed by atoms with van der Waals surface area (Å²) in [5, 5.41) is 4.32. The van der Waals surface area contributed by atoms with Gasteiger partial charge in [0.15, 0.2) is 0 Å². The summed E-state index contributed by atoms with van der Waals surface area (Å²) in [7, 11) is 1.66. The molecule has 5 rings (SSSR count). The largest absolute Gasteiger partial charge is 0.497 e. The number of aromatic nitrogens is 3. The first-order valence-electron chi connectivity index (χ1n) is 10.2. The minimum absolute atomic E-state index is 0.750. The summed E-state index contributed by atoms with van der Waals surface area (Å²) in [4.78, 5) is 15.8. The Kier molecular flexibility index (Phi) is 5.33. The molecule has 2 aromatic carbocycles. The van der Waals surface area contributed by atoms with Crippen LogP contribution in [0.1, 0.15) is 0 Å². The molecule has 31 heavy (non-hydrogen) atoms. The summed E-state index contributed by atoms with van der Waals surface area (Å²) in [5.74, 6) is 2.53. The van der Waals surface area contributed by atoms with Crippen LogP contribution in [0, 0.1) is 0 Å². The molecule has 1 saturated heterocycles. The number of morpholine rings is 1. The molecule has 0 radical (unpaired) electrons. The van der Waals surface area contributed by atoms with E-state index in [0.717, 1.165) is 71.4 Å². The first kappa shape index (κ1) is 19.3. The summed E-state index contributed by atoms with van der Waals surface area (Å²) < 4.78 is 10.7. The lowest BCUT2D eigenvalue weighted by molar-refractivity contribution is 0.122. The molecular formula is C24H23N5O2. The third-order valence-electron chi connectivity index (χ3n) is 5.39. The van der Waals surface area contributed by atoms with Crippen molar-refractivity contribution in [1.82, 2.24) is 15.0 Å². The normalized spacial score (nSPS) is 13.9. The highest BCUT2D eigenvalue weighted by Gasteiger charge is 2.13. The summed E-state index contributed by atoms with van der Waals surface area (Å²) in [6.45, 7) is 3.25. The van der Waals surface area contributed by atoms with Gasteiger partial charge in [-0.3, -0.25) is 0 Å². The minimum Gasteiger partial charge on any atom is -0.497 e. The van der Waals surface area contributed by atoms with E-state index in [4.69, 9.17) is 9.47 Å². The van der Waals surface area contributed by atoms with Gasteiger partial charge >= 0.3 is 0 Å². The Labute approximate surface area is 180 Å². The van der Waals surface area contributed by atoms with Crippen molar-refractivity contribution in [3.05, 3.63) is 67.1 Å². The van der Waals surface area contributed by atoms with Gasteiger partial charge in [0.25, 0.3) is 0 Å². The third kappa shape index (κ3) is 4.13. The molecule has 0 bridgehead atoms. The second-order valence-corrected chi connectivity index (χ2v) is 7.32. The van der Waals surface area contributed by atoms with Gasteiger partial charge in [-0.2, -0.15) is 0 Å². The SMILES string of the molecule is COc1cccc(Nc2ncnc3cc(-c4ccc(N5CCOCC5)nc4)ccc23)c1. The van der Waals surface area contributed by atoms with E-state index in [1.54, 1.807) is 13.4 Å². The van der Waals surface area contributed by atoms with E-state index >= 15 is 0 Å². The maximum absolute atomic E-state index is 5.42. The number of benzene rings is 2. The van der Waals surface area contributed by atoms with E-state index in [2.05, 4.69) is 49.4 Å². The molecule has 0 unspecified atom stereocenters. The fourth-order valence-corrected chi connectivity index (χ4v) is 3.71. The van der Waals surface area contributed by atoms with Crippen LogP contribution in [0.3, 0.4) is 0 Å². The van der Waals surface area contributed by atoms with Gasteiger partial charge in [-0.05, 0) is 42.0 Å². The topological polar surface area (TPSA) is 72.4 Å². The van der Waals surface area contributed by atoms with Crippen molar-refractivity contribution >= 4 is 28.2 Å². The zero-order valence-electron chi connectivity index (χ0n) is 17.3. The fraction of sp³-hybridized carbons (Fsp3) is 0.208. The van der Waals surface area contributed by atoms with Crippen LogP contribution in [0.4, 0.5) is 17.3 Å². The van der Waals surface area contributed by atoms with Crippen LogP contribution in [0.15, 0.2) is 67.1 Å². The number of ether oxygens (including phenoxy) is 2. The molecule has 0 atom stereocenters. The molecule has 0 saturated carbocycles. The van der Waals surface area contributed by atoms with Crippen LogP contribution in [-0.4, -0.2) is 48.4 Å². The van der Waals surface area contributed by atoms with Crippen LogP contribution in [0.25, 0.3) is 22.0 Å². The van der Waals surface area contributed by atoms with Crippen molar-refractivity contribution in [2.45, 2.75) is 0 Å². The molecule has 2 aromatic heterocycles. The van der Waals surface area contributed by atoms with E-state index in [9.17, 15) is 0 Å². The Balaban J connectivity index is 1.41. The van der Waals surface area contributed by atoms with Crippen molar-refractivity contribution in [1.29, 1.82) is 0 Å². The number of pyridine rings is 1. The van der Waals surface area contributed by atoms with Crippen LogP contribution in [-0.2, 0) is 4.74 Å².